The standard InChI is InChI=1S/C11H13NO3S/c1-9(7-12)8-16(13,14)11-5-3-10(15-2)4-6-11/h3-6,9H,8H2,1-2H3. The number of rotatable bonds is 4. The third kappa shape index (κ3) is 2.97. The van der Waals surface area contributed by atoms with E-state index in [0.717, 1.165) is 0 Å². The van der Waals surface area contributed by atoms with Gasteiger partial charge in [0.1, 0.15) is 5.75 Å². The molecule has 0 spiro atoms. The summed E-state index contributed by atoms with van der Waals surface area (Å²) in [5, 5.41) is 8.59. The van der Waals surface area contributed by atoms with Crippen LogP contribution in [0.25, 0.3) is 0 Å². The number of sulfone groups is 1. The molecule has 1 aromatic rings. The molecule has 1 atom stereocenters. The maximum Gasteiger partial charge on any atom is 0.179 e. The second-order valence-corrected chi connectivity index (χ2v) is 5.52. The van der Waals surface area contributed by atoms with Crippen molar-refractivity contribution in [3.8, 4) is 11.8 Å². The monoisotopic (exact) mass is 239 g/mol. The predicted molar refractivity (Wildman–Crippen MR) is 59.8 cm³/mol. The van der Waals surface area contributed by atoms with Crippen LogP contribution >= 0.6 is 0 Å². The Morgan fingerprint density at radius 2 is 1.94 bits per heavy atom. The molecule has 1 aromatic carbocycles. The first-order valence-electron chi connectivity index (χ1n) is 4.76. The molecule has 0 aliphatic carbocycles. The smallest absolute Gasteiger partial charge is 0.179 e. The van der Waals surface area contributed by atoms with Crippen LogP contribution in [-0.2, 0) is 9.84 Å². The van der Waals surface area contributed by atoms with Crippen molar-refractivity contribution in [1.29, 1.82) is 5.26 Å². The van der Waals surface area contributed by atoms with Gasteiger partial charge in [-0.1, -0.05) is 0 Å². The number of hydrogen-bond acceptors (Lipinski definition) is 4. The summed E-state index contributed by atoms with van der Waals surface area (Å²) in [4.78, 5) is 0.218. The van der Waals surface area contributed by atoms with Gasteiger partial charge in [-0.25, -0.2) is 8.42 Å². The first-order chi connectivity index (χ1) is 7.49. The molecule has 0 amide bonds. The molecule has 0 aliphatic heterocycles. The molecule has 0 N–H and O–H groups in total. The minimum absolute atomic E-state index is 0.157. The number of hydrogen-bond donors (Lipinski definition) is 0. The van der Waals surface area contributed by atoms with Gasteiger partial charge in [0.05, 0.1) is 29.7 Å². The molecule has 16 heavy (non-hydrogen) atoms. The van der Waals surface area contributed by atoms with Crippen LogP contribution in [0, 0.1) is 17.2 Å². The van der Waals surface area contributed by atoms with Gasteiger partial charge in [-0.15, -0.1) is 0 Å². The van der Waals surface area contributed by atoms with E-state index in [1.165, 1.54) is 19.2 Å². The SMILES string of the molecule is COc1ccc(S(=O)(=O)CC(C)C#N)cc1. The summed E-state index contributed by atoms with van der Waals surface area (Å²) in [7, 11) is -1.86. The number of ether oxygens (including phenoxy) is 1. The van der Waals surface area contributed by atoms with E-state index in [1.54, 1.807) is 19.1 Å². The summed E-state index contributed by atoms with van der Waals surface area (Å²) in [6, 6.07) is 8.05. The topological polar surface area (TPSA) is 67.2 Å². The Morgan fingerprint density at radius 3 is 2.38 bits per heavy atom. The molecular formula is C11H13NO3S. The predicted octanol–water partition coefficient (Wildman–Crippen LogP) is 1.63. The summed E-state index contributed by atoms with van der Waals surface area (Å²) >= 11 is 0. The fourth-order valence-electron chi connectivity index (χ4n) is 1.25. The van der Waals surface area contributed by atoms with Crippen LogP contribution in [0.3, 0.4) is 0 Å². The Labute approximate surface area is 95.4 Å². The molecule has 0 radical (unpaired) electrons. The van der Waals surface area contributed by atoms with Crippen LogP contribution in [0.5, 0.6) is 5.75 Å². The van der Waals surface area contributed by atoms with E-state index < -0.39 is 15.8 Å². The first-order valence-corrected chi connectivity index (χ1v) is 6.41. The highest BCUT2D eigenvalue weighted by Crippen LogP contribution is 2.18. The van der Waals surface area contributed by atoms with E-state index in [2.05, 4.69) is 0 Å². The van der Waals surface area contributed by atoms with Gasteiger partial charge in [-0.3, -0.25) is 0 Å². The fourth-order valence-corrected chi connectivity index (χ4v) is 2.72. The van der Waals surface area contributed by atoms with Gasteiger partial charge in [0, 0.05) is 0 Å². The molecular weight excluding hydrogens is 226 g/mol. The molecule has 0 saturated carbocycles. The van der Waals surface area contributed by atoms with Gasteiger partial charge >= 0.3 is 0 Å². The van der Waals surface area contributed by atoms with E-state index in [0.29, 0.717) is 5.75 Å². The number of nitriles is 1. The van der Waals surface area contributed by atoms with Gasteiger partial charge in [0.2, 0.25) is 0 Å². The molecule has 0 aromatic heterocycles. The van der Waals surface area contributed by atoms with Crippen molar-refractivity contribution in [2.24, 2.45) is 5.92 Å². The lowest BCUT2D eigenvalue weighted by atomic mass is 10.3. The van der Waals surface area contributed by atoms with Crippen LogP contribution in [-0.4, -0.2) is 21.3 Å². The Balaban J connectivity index is 2.95. The van der Waals surface area contributed by atoms with Crippen LogP contribution in [0.2, 0.25) is 0 Å². The highest BCUT2D eigenvalue weighted by Gasteiger charge is 2.18. The highest BCUT2D eigenvalue weighted by atomic mass is 32.2. The normalized spacial score (nSPS) is 12.8. The second kappa shape index (κ2) is 4.99. The van der Waals surface area contributed by atoms with Crippen molar-refractivity contribution in [1.82, 2.24) is 0 Å². The van der Waals surface area contributed by atoms with Crippen molar-refractivity contribution in [2.75, 3.05) is 12.9 Å². The summed E-state index contributed by atoms with van der Waals surface area (Å²) in [6.45, 7) is 1.58. The van der Waals surface area contributed by atoms with E-state index in [1.807, 2.05) is 6.07 Å². The van der Waals surface area contributed by atoms with Crippen LogP contribution in [0.4, 0.5) is 0 Å². The molecule has 0 fully saturated rings. The van der Waals surface area contributed by atoms with Crippen molar-refractivity contribution in [3.63, 3.8) is 0 Å². The highest BCUT2D eigenvalue weighted by molar-refractivity contribution is 7.91. The molecule has 4 nitrogen and oxygen atoms in total. The fraction of sp³-hybridized carbons (Fsp3) is 0.364. The zero-order valence-electron chi connectivity index (χ0n) is 9.17. The molecule has 0 bridgehead atoms. The van der Waals surface area contributed by atoms with E-state index >= 15 is 0 Å². The summed E-state index contributed by atoms with van der Waals surface area (Å²) < 4.78 is 28.6. The molecule has 1 unspecified atom stereocenters. The van der Waals surface area contributed by atoms with Gasteiger partial charge in [-0.2, -0.15) is 5.26 Å². The maximum absolute atomic E-state index is 11.8. The molecule has 0 saturated heterocycles. The second-order valence-electron chi connectivity index (χ2n) is 3.49. The van der Waals surface area contributed by atoms with Gasteiger partial charge < -0.3 is 4.74 Å². The third-order valence-corrected chi connectivity index (χ3v) is 4.04. The van der Waals surface area contributed by atoms with Crippen LogP contribution in [0.1, 0.15) is 6.92 Å². The quantitative estimate of drug-likeness (QED) is 0.800. The first kappa shape index (κ1) is 12.5. The average Bonchev–Trinajstić information content (AvgIpc) is 2.28. The molecule has 0 aliphatic rings. The minimum Gasteiger partial charge on any atom is -0.497 e. The number of nitrogens with zero attached hydrogens (tertiary/aromatic N) is 1. The van der Waals surface area contributed by atoms with E-state index in [4.69, 9.17) is 10.00 Å². The van der Waals surface area contributed by atoms with Crippen LogP contribution in [0.15, 0.2) is 29.2 Å². The molecule has 1 rings (SSSR count). The Hall–Kier alpha value is -1.54. The Morgan fingerprint density at radius 1 is 1.38 bits per heavy atom. The number of methoxy groups -OCH3 is 1. The summed E-state index contributed by atoms with van der Waals surface area (Å²) in [5.41, 5.74) is 0. The van der Waals surface area contributed by atoms with Crippen molar-refractivity contribution >= 4 is 9.84 Å². The lowest BCUT2D eigenvalue weighted by Gasteiger charge is -2.06. The van der Waals surface area contributed by atoms with Crippen molar-refractivity contribution < 1.29 is 13.2 Å². The minimum atomic E-state index is -3.37. The lowest BCUT2D eigenvalue weighted by molar-refractivity contribution is 0.414. The zero-order chi connectivity index (χ0) is 12.2. The average molecular weight is 239 g/mol. The summed E-state index contributed by atoms with van der Waals surface area (Å²) in [6.07, 6.45) is 0. The number of benzene rings is 1. The zero-order valence-corrected chi connectivity index (χ0v) is 9.99. The van der Waals surface area contributed by atoms with Gasteiger partial charge in [0.15, 0.2) is 9.84 Å². The van der Waals surface area contributed by atoms with Gasteiger partial charge in [-0.05, 0) is 31.2 Å². The van der Waals surface area contributed by atoms with Crippen molar-refractivity contribution in [2.45, 2.75) is 11.8 Å². The third-order valence-electron chi connectivity index (χ3n) is 2.11. The molecule has 86 valence electrons. The van der Waals surface area contributed by atoms with Gasteiger partial charge in [0.25, 0.3) is 0 Å². The maximum atomic E-state index is 11.8. The molecule has 5 heteroatoms. The van der Waals surface area contributed by atoms with Crippen molar-refractivity contribution in [3.05, 3.63) is 24.3 Å². The Bertz CT molecular complexity index is 485. The Kier molecular flexibility index (Phi) is 3.91. The molecule has 0 heterocycles. The van der Waals surface area contributed by atoms with E-state index in [-0.39, 0.29) is 10.6 Å². The summed E-state index contributed by atoms with van der Waals surface area (Å²) in [5.74, 6) is -0.0603. The van der Waals surface area contributed by atoms with Crippen LogP contribution < -0.4 is 4.74 Å². The lowest BCUT2D eigenvalue weighted by Crippen LogP contribution is -2.12. The van der Waals surface area contributed by atoms with E-state index in [9.17, 15) is 8.42 Å². The largest absolute Gasteiger partial charge is 0.497 e.